The van der Waals surface area contributed by atoms with Gasteiger partial charge >= 0.3 is 12.1 Å². The third kappa shape index (κ3) is 8.42. The second-order valence-electron chi connectivity index (χ2n) is 13.4. The number of alkyl carbamates (subject to hydrolysis) is 1. The third-order valence-corrected chi connectivity index (χ3v) is 10.5. The summed E-state index contributed by atoms with van der Waals surface area (Å²) < 4.78 is 29.0. The van der Waals surface area contributed by atoms with E-state index in [1.165, 1.54) is 38.0 Å². The fraction of sp³-hybridized carbons (Fsp3) is 0.600. The van der Waals surface area contributed by atoms with Gasteiger partial charge in [-0.25, -0.2) is 9.59 Å². The number of anilines is 1. The van der Waals surface area contributed by atoms with Crippen molar-refractivity contribution >= 4 is 53.8 Å². The lowest BCUT2D eigenvalue weighted by molar-refractivity contribution is -0.161. The summed E-state index contributed by atoms with van der Waals surface area (Å²) >= 11 is 10.8. The van der Waals surface area contributed by atoms with E-state index >= 15 is 0 Å². The number of aliphatic hydroxyl groups is 1. The molecule has 0 aromatic heterocycles. The number of halogens is 1. The van der Waals surface area contributed by atoms with Crippen LogP contribution >= 0.6 is 24.2 Å². The molecule has 1 unspecified atom stereocenters. The lowest BCUT2D eigenvalue weighted by Crippen LogP contribution is -2.63. The van der Waals surface area contributed by atoms with E-state index < -0.39 is 65.7 Å². The number of rotatable bonds is 7. The summed E-state index contributed by atoms with van der Waals surface area (Å²) in [6.45, 7) is 6.96. The summed E-state index contributed by atoms with van der Waals surface area (Å²) in [6.07, 6.45) is 1.08. The molecule has 3 aliphatic heterocycles. The molecule has 2 saturated heterocycles. The number of likely N-dealkylation sites (N-methyl/N-ethyl adjacent to an activating group) is 1. The number of esters is 1. The van der Waals surface area contributed by atoms with Gasteiger partial charge < -0.3 is 38.6 Å². The molecule has 0 radical (unpaired) electrons. The zero-order valence-electron chi connectivity index (χ0n) is 29.7. The predicted molar refractivity (Wildman–Crippen MR) is 189 cm³/mol. The average Bonchev–Trinajstić information content (AvgIpc) is 3.76. The molecule has 2 N–H and O–H groups in total. The van der Waals surface area contributed by atoms with Crippen molar-refractivity contribution in [3.8, 4) is 5.75 Å². The Kier molecular flexibility index (Phi) is 12.6. The minimum absolute atomic E-state index is 0.0489. The van der Waals surface area contributed by atoms with Gasteiger partial charge in [0.2, 0.25) is 11.8 Å². The van der Waals surface area contributed by atoms with Crippen molar-refractivity contribution < 1.29 is 48.0 Å². The molecular formula is C35H48ClN3O10S. The van der Waals surface area contributed by atoms with Gasteiger partial charge in [-0.05, 0) is 50.6 Å². The summed E-state index contributed by atoms with van der Waals surface area (Å²) in [6, 6.07) is 2.60. The van der Waals surface area contributed by atoms with Gasteiger partial charge in [0.15, 0.2) is 5.72 Å². The Morgan fingerprint density at radius 3 is 2.62 bits per heavy atom. The normalized spacial score (nSPS) is 30.7. The van der Waals surface area contributed by atoms with E-state index in [0.717, 1.165) is 11.1 Å². The van der Waals surface area contributed by atoms with Gasteiger partial charge in [-0.3, -0.25) is 14.9 Å². The van der Waals surface area contributed by atoms with Crippen LogP contribution in [0.1, 0.15) is 52.5 Å². The first-order chi connectivity index (χ1) is 23.5. The van der Waals surface area contributed by atoms with Crippen molar-refractivity contribution in [1.29, 1.82) is 0 Å². The van der Waals surface area contributed by atoms with Gasteiger partial charge in [-0.1, -0.05) is 42.3 Å². The van der Waals surface area contributed by atoms with Gasteiger partial charge in [0.05, 0.1) is 25.3 Å². The Bertz CT molecular complexity index is 1540. The Balaban J connectivity index is 1.78. The standard InChI is InChI=1S/C35H48ClN3O10S/c1-19-10-9-11-26(46-8)35(44)18-25(47-33(43)37-35)20(2)31-34(4,49-31)27(48-32(42)21(3)38(5)28(40)12-13-50)17-29(41)39(6)23-15-22(14-19)16-24(45-7)30(23)36/h9-11,15-16,20-21,25-27,31,44,50H,12-14,17-18H2,1-8H3,(H,37,43)/t20-,21?,25+,26-,27+,31+,34+,35+/m1/s1. The maximum Gasteiger partial charge on any atom is 0.409 e. The number of allylic oxidation sites excluding steroid dienone is 3. The highest BCUT2D eigenvalue weighted by Gasteiger charge is 2.64. The first-order valence-corrected chi connectivity index (χ1v) is 17.5. The molecule has 4 bridgehead atoms. The van der Waals surface area contributed by atoms with Gasteiger partial charge in [0, 0.05) is 40.0 Å². The van der Waals surface area contributed by atoms with Crippen LogP contribution in [0.3, 0.4) is 0 Å². The minimum atomic E-state index is -1.82. The quantitative estimate of drug-likeness (QED) is 0.214. The highest BCUT2D eigenvalue weighted by molar-refractivity contribution is 7.80. The molecule has 15 heteroatoms. The molecule has 1 aromatic rings. The lowest BCUT2D eigenvalue weighted by Gasteiger charge is -2.42. The van der Waals surface area contributed by atoms with Crippen molar-refractivity contribution in [3.05, 3.63) is 46.5 Å². The molecule has 3 heterocycles. The summed E-state index contributed by atoms with van der Waals surface area (Å²) in [7, 11) is 5.98. The van der Waals surface area contributed by atoms with E-state index in [4.69, 9.17) is 35.3 Å². The third-order valence-electron chi connectivity index (χ3n) is 9.85. The Hall–Kier alpha value is -3.30. The number of hydrogen-bond donors (Lipinski definition) is 3. The zero-order valence-corrected chi connectivity index (χ0v) is 31.4. The highest BCUT2D eigenvalue weighted by atomic mass is 35.5. The highest BCUT2D eigenvalue weighted by Crippen LogP contribution is 2.49. The van der Waals surface area contributed by atoms with Crippen LogP contribution in [0.25, 0.3) is 0 Å². The number of benzene rings is 1. The summed E-state index contributed by atoms with van der Waals surface area (Å²) in [5, 5.41) is 14.4. The molecule has 3 amide bonds. The van der Waals surface area contributed by atoms with Crippen LogP contribution in [0.15, 0.2) is 35.9 Å². The summed E-state index contributed by atoms with van der Waals surface area (Å²) in [5.41, 5.74) is -0.903. The van der Waals surface area contributed by atoms with Gasteiger partial charge in [-0.2, -0.15) is 12.6 Å². The van der Waals surface area contributed by atoms with E-state index in [1.54, 1.807) is 45.2 Å². The minimum Gasteiger partial charge on any atom is -0.495 e. The monoisotopic (exact) mass is 737 g/mol. The first-order valence-electron chi connectivity index (χ1n) is 16.4. The number of ether oxygens (including phenoxy) is 5. The SMILES string of the molecule is COc1cc2cc(c1Cl)N(C)C(=O)C[C@H](OC(=O)C(C)N(C)C(=O)CCS)[C@]1(C)O[C@H]1[C@H](C)[C@@H]1C[C@@](O)(NC(=O)O1)[C@H](OC)C=CC=C(C)C2. The number of methoxy groups -OCH3 is 2. The fourth-order valence-corrected chi connectivity index (χ4v) is 6.99. The fourth-order valence-electron chi connectivity index (χ4n) is 6.49. The number of carbonyl (C=O) groups excluding carboxylic acids is 4. The van der Waals surface area contributed by atoms with Crippen LogP contribution < -0.4 is 15.0 Å². The number of thiol groups is 1. The van der Waals surface area contributed by atoms with Crippen molar-refractivity contribution in [3.63, 3.8) is 0 Å². The van der Waals surface area contributed by atoms with Crippen LogP contribution in [0.4, 0.5) is 10.5 Å². The molecular weight excluding hydrogens is 690 g/mol. The second kappa shape index (κ2) is 15.9. The smallest absolute Gasteiger partial charge is 0.409 e. The van der Waals surface area contributed by atoms with E-state index in [0.29, 0.717) is 23.6 Å². The molecule has 0 aliphatic carbocycles. The Morgan fingerprint density at radius 2 is 1.98 bits per heavy atom. The predicted octanol–water partition coefficient (Wildman–Crippen LogP) is 3.83. The molecule has 0 spiro atoms. The van der Waals surface area contributed by atoms with Crippen molar-refractivity contribution in [2.75, 3.05) is 39.0 Å². The molecule has 13 nitrogen and oxygen atoms in total. The number of nitrogens with one attached hydrogen (secondary N) is 1. The van der Waals surface area contributed by atoms with Crippen LogP contribution in [0, 0.1) is 5.92 Å². The van der Waals surface area contributed by atoms with Gasteiger partial charge in [0.25, 0.3) is 0 Å². The zero-order chi connectivity index (χ0) is 37.1. The van der Waals surface area contributed by atoms with Crippen LogP contribution in [-0.2, 0) is 39.8 Å². The van der Waals surface area contributed by atoms with Crippen LogP contribution in [-0.4, -0.2) is 110 Å². The van der Waals surface area contributed by atoms with E-state index in [2.05, 4.69) is 17.9 Å². The van der Waals surface area contributed by atoms with E-state index in [-0.39, 0.29) is 30.2 Å². The van der Waals surface area contributed by atoms with Crippen molar-refractivity contribution in [2.45, 2.75) is 95.2 Å². The second-order valence-corrected chi connectivity index (χ2v) is 14.2. The number of nitrogens with zero attached hydrogens (tertiary/aromatic N) is 2. The topological polar surface area (TPSA) is 156 Å². The molecule has 276 valence electrons. The largest absolute Gasteiger partial charge is 0.495 e. The Labute approximate surface area is 303 Å². The molecule has 2 fully saturated rings. The molecule has 8 atom stereocenters. The van der Waals surface area contributed by atoms with E-state index in [9.17, 15) is 24.3 Å². The molecule has 3 aliphatic rings. The van der Waals surface area contributed by atoms with Crippen LogP contribution in [0.5, 0.6) is 5.75 Å². The van der Waals surface area contributed by atoms with Crippen molar-refractivity contribution in [1.82, 2.24) is 10.2 Å². The van der Waals surface area contributed by atoms with Crippen molar-refractivity contribution in [2.24, 2.45) is 5.92 Å². The first kappa shape index (κ1) is 39.5. The number of amides is 3. The number of epoxide rings is 1. The maximum atomic E-state index is 14.0. The van der Waals surface area contributed by atoms with Gasteiger partial charge in [-0.15, -0.1) is 0 Å². The summed E-state index contributed by atoms with van der Waals surface area (Å²) in [5.74, 6) is -1.30. The van der Waals surface area contributed by atoms with E-state index in [1.807, 2.05) is 13.0 Å². The lowest BCUT2D eigenvalue weighted by atomic mass is 9.83. The molecule has 50 heavy (non-hydrogen) atoms. The number of hydrogen-bond acceptors (Lipinski definition) is 11. The maximum absolute atomic E-state index is 14.0. The number of fused-ring (bicyclic) bond motifs is 5. The molecule has 0 saturated carbocycles. The molecule has 1 aromatic carbocycles. The van der Waals surface area contributed by atoms with Gasteiger partial charge in [0.1, 0.15) is 40.7 Å². The molecule has 4 rings (SSSR count). The Morgan fingerprint density at radius 1 is 1.28 bits per heavy atom. The number of carbonyl (C=O) groups is 4. The summed E-state index contributed by atoms with van der Waals surface area (Å²) in [4.78, 5) is 55.6. The average molecular weight is 738 g/mol. The van der Waals surface area contributed by atoms with Crippen LogP contribution in [0.2, 0.25) is 5.02 Å².